The van der Waals surface area contributed by atoms with Crippen molar-refractivity contribution in [3.05, 3.63) is 71.8 Å². The number of hydrogen-bond donors (Lipinski definition) is 1. The number of furan rings is 1. The zero-order valence-corrected chi connectivity index (χ0v) is 13.2. The van der Waals surface area contributed by atoms with Gasteiger partial charge in [-0.25, -0.2) is 0 Å². The number of nitrogens with one attached hydrogen (secondary N) is 1. The van der Waals surface area contributed by atoms with Gasteiger partial charge in [-0.3, -0.25) is 0 Å². The summed E-state index contributed by atoms with van der Waals surface area (Å²) in [4.78, 5) is 0. The predicted octanol–water partition coefficient (Wildman–Crippen LogP) is 5.97. The highest BCUT2D eigenvalue weighted by atomic mass is 16.3. The van der Waals surface area contributed by atoms with Crippen LogP contribution >= 0.6 is 0 Å². The zero-order chi connectivity index (χ0) is 15.6. The second-order valence-corrected chi connectivity index (χ2v) is 6.76. The molecule has 0 unspecified atom stereocenters. The van der Waals surface area contributed by atoms with Gasteiger partial charge in [-0.2, -0.15) is 0 Å². The average Bonchev–Trinajstić information content (AvgIpc) is 2.94. The van der Waals surface area contributed by atoms with Gasteiger partial charge in [0.15, 0.2) is 5.58 Å². The summed E-state index contributed by atoms with van der Waals surface area (Å²) in [6.45, 7) is 4.56. The van der Waals surface area contributed by atoms with Gasteiger partial charge in [0.25, 0.3) is 0 Å². The Labute approximate surface area is 134 Å². The fourth-order valence-corrected chi connectivity index (χ4v) is 3.85. The quantitative estimate of drug-likeness (QED) is 0.433. The van der Waals surface area contributed by atoms with Crippen molar-refractivity contribution in [1.82, 2.24) is 0 Å². The fourth-order valence-electron chi connectivity index (χ4n) is 3.85. The third kappa shape index (κ3) is 1.58. The predicted molar refractivity (Wildman–Crippen MR) is 95.6 cm³/mol. The molecule has 4 aromatic rings. The lowest BCUT2D eigenvalue weighted by Crippen LogP contribution is -2.25. The number of hydrogen-bond acceptors (Lipinski definition) is 2. The molecule has 0 bridgehead atoms. The number of rotatable bonds is 0. The number of fused-ring (bicyclic) bond motifs is 6. The summed E-state index contributed by atoms with van der Waals surface area (Å²) in [5.74, 6) is 0. The Morgan fingerprint density at radius 1 is 0.783 bits per heavy atom. The first-order valence-corrected chi connectivity index (χ1v) is 7.97. The van der Waals surface area contributed by atoms with E-state index in [-0.39, 0.29) is 5.41 Å². The van der Waals surface area contributed by atoms with E-state index >= 15 is 0 Å². The molecule has 23 heavy (non-hydrogen) atoms. The SMILES string of the molecule is CC1(C)c2ccccc2Nc2c1ccc1c2oc2ccccc21. The Bertz CT molecular complexity index is 1070. The Balaban J connectivity index is 1.89. The van der Waals surface area contributed by atoms with Crippen LogP contribution in [0.25, 0.3) is 21.9 Å². The van der Waals surface area contributed by atoms with Gasteiger partial charge >= 0.3 is 0 Å². The van der Waals surface area contributed by atoms with Gasteiger partial charge in [0.2, 0.25) is 0 Å². The minimum absolute atomic E-state index is 0.0512. The summed E-state index contributed by atoms with van der Waals surface area (Å²) in [6.07, 6.45) is 0. The monoisotopic (exact) mass is 299 g/mol. The van der Waals surface area contributed by atoms with Crippen LogP contribution in [0, 0.1) is 0 Å². The van der Waals surface area contributed by atoms with E-state index in [1.54, 1.807) is 0 Å². The van der Waals surface area contributed by atoms with Crippen LogP contribution in [0.1, 0.15) is 25.0 Å². The van der Waals surface area contributed by atoms with Gasteiger partial charge < -0.3 is 9.73 Å². The maximum Gasteiger partial charge on any atom is 0.159 e. The lowest BCUT2D eigenvalue weighted by molar-refractivity contribution is 0.630. The van der Waals surface area contributed by atoms with Crippen LogP contribution in [0.2, 0.25) is 0 Å². The molecular weight excluding hydrogens is 282 g/mol. The van der Waals surface area contributed by atoms with Crippen LogP contribution in [0.15, 0.2) is 65.1 Å². The van der Waals surface area contributed by atoms with Gasteiger partial charge in [-0.05, 0) is 23.3 Å². The molecule has 112 valence electrons. The minimum atomic E-state index is -0.0512. The smallest absolute Gasteiger partial charge is 0.159 e. The van der Waals surface area contributed by atoms with Crippen molar-refractivity contribution in [3.8, 4) is 0 Å². The van der Waals surface area contributed by atoms with E-state index in [1.807, 2.05) is 12.1 Å². The molecule has 2 nitrogen and oxygen atoms in total. The second-order valence-electron chi connectivity index (χ2n) is 6.76. The molecule has 1 aliphatic rings. The summed E-state index contributed by atoms with van der Waals surface area (Å²) in [5.41, 5.74) is 6.70. The fraction of sp³-hybridized carbons (Fsp3) is 0.143. The second kappa shape index (κ2) is 4.17. The Hall–Kier alpha value is -2.74. The van der Waals surface area contributed by atoms with Crippen LogP contribution in [0.3, 0.4) is 0 Å². The van der Waals surface area contributed by atoms with E-state index in [9.17, 15) is 0 Å². The van der Waals surface area contributed by atoms with Crippen molar-refractivity contribution in [1.29, 1.82) is 0 Å². The maximum atomic E-state index is 6.20. The van der Waals surface area contributed by atoms with Gasteiger partial charge in [0, 0.05) is 21.9 Å². The summed E-state index contributed by atoms with van der Waals surface area (Å²) < 4.78 is 6.20. The third-order valence-electron chi connectivity index (χ3n) is 5.08. The highest BCUT2D eigenvalue weighted by Gasteiger charge is 2.34. The van der Waals surface area contributed by atoms with Crippen molar-refractivity contribution < 1.29 is 4.42 Å². The third-order valence-corrected chi connectivity index (χ3v) is 5.08. The zero-order valence-electron chi connectivity index (χ0n) is 13.2. The van der Waals surface area contributed by atoms with Crippen molar-refractivity contribution in [2.75, 3.05) is 5.32 Å². The number of anilines is 2. The summed E-state index contributed by atoms with van der Waals surface area (Å²) in [6, 6.07) is 21.2. The average molecular weight is 299 g/mol. The van der Waals surface area contributed by atoms with Gasteiger partial charge in [0.1, 0.15) is 5.58 Å². The van der Waals surface area contributed by atoms with Crippen LogP contribution in [0.4, 0.5) is 11.4 Å². The minimum Gasteiger partial charge on any atom is -0.454 e. The molecule has 0 radical (unpaired) electrons. The summed E-state index contributed by atoms with van der Waals surface area (Å²) in [7, 11) is 0. The first-order chi connectivity index (χ1) is 11.2. The van der Waals surface area contributed by atoms with Gasteiger partial charge in [-0.15, -0.1) is 0 Å². The van der Waals surface area contributed by atoms with E-state index < -0.39 is 0 Å². The van der Waals surface area contributed by atoms with E-state index in [4.69, 9.17) is 4.42 Å². The molecule has 0 aliphatic carbocycles. The topological polar surface area (TPSA) is 25.2 Å². The Morgan fingerprint density at radius 3 is 2.48 bits per heavy atom. The van der Waals surface area contributed by atoms with Crippen LogP contribution in [0.5, 0.6) is 0 Å². The van der Waals surface area contributed by atoms with Crippen LogP contribution in [-0.4, -0.2) is 0 Å². The molecule has 5 rings (SSSR count). The molecule has 0 spiro atoms. The lowest BCUT2D eigenvalue weighted by atomic mass is 9.74. The normalized spacial score (nSPS) is 15.2. The molecule has 3 aromatic carbocycles. The van der Waals surface area contributed by atoms with Crippen molar-refractivity contribution in [3.63, 3.8) is 0 Å². The van der Waals surface area contributed by atoms with Gasteiger partial charge in [0.05, 0.1) is 5.69 Å². The number of benzene rings is 3. The first-order valence-electron chi connectivity index (χ1n) is 7.97. The molecule has 0 atom stereocenters. The van der Waals surface area contributed by atoms with E-state index in [2.05, 4.69) is 67.7 Å². The molecule has 0 amide bonds. The molecule has 1 aliphatic heterocycles. The highest BCUT2D eigenvalue weighted by Crippen LogP contribution is 2.48. The molecule has 1 N–H and O–H groups in total. The molecule has 2 heterocycles. The molecule has 0 fully saturated rings. The highest BCUT2D eigenvalue weighted by molar-refractivity contribution is 6.10. The lowest BCUT2D eigenvalue weighted by Gasteiger charge is -2.35. The molecule has 2 heteroatoms. The van der Waals surface area contributed by atoms with E-state index in [0.717, 1.165) is 22.5 Å². The standard InChI is InChI=1S/C21H17NO/c1-21(2)15-8-4-5-9-17(15)22-19-16(21)12-11-14-13-7-3-6-10-18(13)23-20(14)19/h3-12,22H,1-2H3. The molecule has 0 saturated heterocycles. The van der Waals surface area contributed by atoms with Crippen molar-refractivity contribution >= 4 is 33.3 Å². The van der Waals surface area contributed by atoms with Crippen LogP contribution < -0.4 is 5.32 Å². The van der Waals surface area contributed by atoms with Gasteiger partial charge in [-0.1, -0.05) is 62.4 Å². The molecule has 0 saturated carbocycles. The Morgan fingerprint density at radius 2 is 1.57 bits per heavy atom. The maximum absolute atomic E-state index is 6.20. The van der Waals surface area contributed by atoms with Crippen molar-refractivity contribution in [2.45, 2.75) is 19.3 Å². The van der Waals surface area contributed by atoms with E-state index in [0.29, 0.717) is 0 Å². The van der Waals surface area contributed by atoms with Crippen LogP contribution in [-0.2, 0) is 5.41 Å². The summed E-state index contributed by atoms with van der Waals surface area (Å²) >= 11 is 0. The molecule has 1 aromatic heterocycles. The summed E-state index contributed by atoms with van der Waals surface area (Å²) in [5, 5.41) is 5.95. The van der Waals surface area contributed by atoms with E-state index in [1.165, 1.54) is 21.9 Å². The first kappa shape index (κ1) is 12.8. The molecular formula is C21H17NO. The largest absolute Gasteiger partial charge is 0.454 e. The Kier molecular flexibility index (Phi) is 2.31. The number of para-hydroxylation sites is 2. The van der Waals surface area contributed by atoms with Crippen molar-refractivity contribution in [2.24, 2.45) is 0 Å².